The molecule has 0 atom stereocenters. The molecule has 138 valence electrons. The van der Waals surface area contributed by atoms with Crippen molar-refractivity contribution in [1.82, 2.24) is 9.29 Å². The maximum Gasteiger partial charge on any atom is 0.257 e. The fraction of sp³-hybridized carbons (Fsp3) is 0.368. The van der Waals surface area contributed by atoms with Gasteiger partial charge in [0.1, 0.15) is 5.82 Å². The van der Waals surface area contributed by atoms with Gasteiger partial charge >= 0.3 is 0 Å². The minimum atomic E-state index is -3.58. The van der Waals surface area contributed by atoms with Crippen LogP contribution in [0.2, 0.25) is 0 Å². The summed E-state index contributed by atoms with van der Waals surface area (Å²) in [7, 11) is -3.58. The molecule has 2 heterocycles. The highest BCUT2D eigenvalue weighted by Crippen LogP contribution is 2.23. The second-order valence-electron chi connectivity index (χ2n) is 6.61. The second kappa shape index (κ2) is 7.55. The van der Waals surface area contributed by atoms with Crippen LogP contribution in [-0.4, -0.2) is 36.7 Å². The summed E-state index contributed by atoms with van der Waals surface area (Å²) in [5, 5.41) is 2.74. The van der Waals surface area contributed by atoms with Crippen molar-refractivity contribution >= 4 is 21.7 Å². The van der Waals surface area contributed by atoms with Crippen LogP contribution in [0.15, 0.2) is 41.4 Å². The van der Waals surface area contributed by atoms with E-state index in [1.807, 2.05) is 13.0 Å². The maximum absolute atomic E-state index is 12.9. The number of sulfonamides is 1. The van der Waals surface area contributed by atoms with Crippen molar-refractivity contribution in [2.24, 2.45) is 0 Å². The Hall–Kier alpha value is -2.25. The lowest BCUT2D eigenvalue weighted by Crippen LogP contribution is -2.35. The first-order valence-electron chi connectivity index (χ1n) is 8.73. The minimum absolute atomic E-state index is 0.160. The van der Waals surface area contributed by atoms with E-state index in [-0.39, 0.29) is 10.8 Å². The molecule has 0 aliphatic carbocycles. The highest BCUT2D eigenvalue weighted by atomic mass is 32.2. The number of aryl methyl sites for hydroxylation is 2. The van der Waals surface area contributed by atoms with Crippen LogP contribution in [0.1, 0.15) is 40.7 Å². The molecular formula is C19H23N3O3S. The number of carbonyl (C=O) groups excluding carboxylic acids is 1. The van der Waals surface area contributed by atoms with Crippen LogP contribution in [0, 0.1) is 13.8 Å². The summed E-state index contributed by atoms with van der Waals surface area (Å²) in [6.45, 7) is 4.76. The zero-order valence-corrected chi connectivity index (χ0v) is 15.8. The standard InChI is InChI=1S/C19H23N3O3S/c1-14-8-9-20-18(12-14)21-19(23)17-13-16(7-6-15(17)2)26(24,25)22-10-4-3-5-11-22/h6-9,12-13H,3-5,10-11H2,1-2H3,(H,20,21,23). The van der Waals surface area contributed by atoms with Crippen molar-refractivity contribution in [3.8, 4) is 0 Å². The largest absolute Gasteiger partial charge is 0.307 e. The Kier molecular flexibility index (Phi) is 5.38. The summed E-state index contributed by atoms with van der Waals surface area (Å²) in [5.41, 5.74) is 2.03. The van der Waals surface area contributed by atoms with Crippen LogP contribution < -0.4 is 5.32 Å². The molecule has 0 unspecified atom stereocenters. The van der Waals surface area contributed by atoms with E-state index in [1.165, 1.54) is 10.4 Å². The molecule has 1 aliphatic rings. The SMILES string of the molecule is Cc1ccnc(NC(=O)c2cc(S(=O)(=O)N3CCCCC3)ccc2C)c1. The Balaban J connectivity index is 1.88. The van der Waals surface area contributed by atoms with E-state index < -0.39 is 10.0 Å². The maximum atomic E-state index is 12.9. The van der Waals surface area contributed by atoms with Gasteiger partial charge in [0.25, 0.3) is 5.91 Å². The molecule has 6 nitrogen and oxygen atoms in total. The number of carbonyl (C=O) groups is 1. The number of amides is 1. The van der Waals surface area contributed by atoms with E-state index in [4.69, 9.17) is 0 Å². The first-order valence-corrected chi connectivity index (χ1v) is 10.2. The van der Waals surface area contributed by atoms with Gasteiger partial charge < -0.3 is 5.32 Å². The smallest absolute Gasteiger partial charge is 0.257 e. The van der Waals surface area contributed by atoms with Gasteiger partial charge in [-0.2, -0.15) is 4.31 Å². The van der Waals surface area contributed by atoms with Crippen molar-refractivity contribution in [2.45, 2.75) is 38.0 Å². The highest BCUT2D eigenvalue weighted by molar-refractivity contribution is 7.89. The number of pyridine rings is 1. The van der Waals surface area contributed by atoms with Crippen LogP contribution >= 0.6 is 0 Å². The van der Waals surface area contributed by atoms with Gasteiger partial charge in [0.2, 0.25) is 10.0 Å². The Morgan fingerprint density at radius 3 is 2.50 bits per heavy atom. The number of nitrogens with one attached hydrogen (secondary N) is 1. The van der Waals surface area contributed by atoms with Crippen molar-refractivity contribution in [1.29, 1.82) is 0 Å². The van der Waals surface area contributed by atoms with Crippen LogP contribution in [0.25, 0.3) is 0 Å². The molecule has 26 heavy (non-hydrogen) atoms. The predicted octanol–water partition coefficient (Wildman–Crippen LogP) is 3.13. The lowest BCUT2D eigenvalue weighted by molar-refractivity contribution is 0.102. The molecule has 1 aromatic carbocycles. The first kappa shape index (κ1) is 18.5. The summed E-state index contributed by atoms with van der Waals surface area (Å²) in [4.78, 5) is 16.9. The van der Waals surface area contributed by atoms with E-state index in [2.05, 4.69) is 10.3 Å². The van der Waals surface area contributed by atoms with Crippen LogP contribution in [0.4, 0.5) is 5.82 Å². The Labute approximate surface area is 154 Å². The summed E-state index contributed by atoms with van der Waals surface area (Å²) in [5.74, 6) is 0.0787. The van der Waals surface area contributed by atoms with Gasteiger partial charge in [-0.3, -0.25) is 4.79 Å². The lowest BCUT2D eigenvalue weighted by atomic mass is 10.1. The molecule has 1 N–H and O–H groups in total. The third-order valence-corrected chi connectivity index (χ3v) is 6.46. The average Bonchev–Trinajstić information content (AvgIpc) is 2.62. The second-order valence-corrected chi connectivity index (χ2v) is 8.55. The number of piperidine rings is 1. The van der Waals surface area contributed by atoms with E-state index >= 15 is 0 Å². The van der Waals surface area contributed by atoms with E-state index in [1.54, 1.807) is 31.3 Å². The molecule has 2 aromatic rings. The van der Waals surface area contributed by atoms with Crippen molar-refractivity contribution in [2.75, 3.05) is 18.4 Å². The fourth-order valence-corrected chi connectivity index (χ4v) is 4.59. The first-order chi connectivity index (χ1) is 12.4. The van der Waals surface area contributed by atoms with Gasteiger partial charge in [0, 0.05) is 24.8 Å². The number of nitrogens with zero attached hydrogens (tertiary/aromatic N) is 2. The van der Waals surface area contributed by atoms with Gasteiger partial charge in [-0.15, -0.1) is 0 Å². The van der Waals surface area contributed by atoms with Gasteiger partial charge in [0.05, 0.1) is 4.90 Å². The molecule has 0 spiro atoms. The zero-order valence-electron chi connectivity index (χ0n) is 15.0. The zero-order chi connectivity index (χ0) is 18.7. The summed E-state index contributed by atoms with van der Waals surface area (Å²) in [6, 6.07) is 8.31. The normalized spacial score (nSPS) is 15.6. The molecule has 0 radical (unpaired) electrons. The predicted molar refractivity (Wildman–Crippen MR) is 101 cm³/mol. The molecule has 1 aromatic heterocycles. The Morgan fingerprint density at radius 2 is 1.81 bits per heavy atom. The quantitative estimate of drug-likeness (QED) is 0.893. The van der Waals surface area contributed by atoms with Crippen LogP contribution in [0.3, 0.4) is 0 Å². The summed E-state index contributed by atoms with van der Waals surface area (Å²) in [6.07, 6.45) is 4.42. The van der Waals surface area contributed by atoms with Crippen molar-refractivity contribution < 1.29 is 13.2 Å². The van der Waals surface area contributed by atoms with Crippen molar-refractivity contribution in [3.63, 3.8) is 0 Å². The van der Waals surface area contributed by atoms with Gasteiger partial charge in [-0.25, -0.2) is 13.4 Å². The van der Waals surface area contributed by atoms with Crippen LogP contribution in [-0.2, 0) is 10.0 Å². The number of aromatic nitrogens is 1. The van der Waals surface area contributed by atoms with Gasteiger partial charge in [0.15, 0.2) is 0 Å². The molecule has 0 saturated carbocycles. The van der Waals surface area contributed by atoms with Crippen LogP contribution in [0.5, 0.6) is 0 Å². The molecule has 3 rings (SSSR count). The number of anilines is 1. The lowest BCUT2D eigenvalue weighted by Gasteiger charge is -2.26. The number of benzene rings is 1. The Morgan fingerprint density at radius 1 is 1.08 bits per heavy atom. The third-order valence-electron chi connectivity index (χ3n) is 4.56. The van der Waals surface area contributed by atoms with Gasteiger partial charge in [-0.1, -0.05) is 12.5 Å². The van der Waals surface area contributed by atoms with E-state index in [0.29, 0.717) is 30.0 Å². The molecule has 1 saturated heterocycles. The molecule has 1 amide bonds. The van der Waals surface area contributed by atoms with E-state index in [9.17, 15) is 13.2 Å². The molecule has 0 bridgehead atoms. The molecule has 1 fully saturated rings. The Bertz CT molecular complexity index is 919. The monoisotopic (exact) mass is 373 g/mol. The number of hydrogen-bond donors (Lipinski definition) is 1. The summed E-state index contributed by atoms with van der Waals surface area (Å²) >= 11 is 0. The topological polar surface area (TPSA) is 79.4 Å². The minimum Gasteiger partial charge on any atom is -0.307 e. The van der Waals surface area contributed by atoms with Gasteiger partial charge in [-0.05, 0) is 62.1 Å². The molecule has 7 heteroatoms. The third kappa shape index (κ3) is 3.94. The van der Waals surface area contributed by atoms with E-state index in [0.717, 1.165) is 24.8 Å². The van der Waals surface area contributed by atoms with Crippen molar-refractivity contribution in [3.05, 3.63) is 53.2 Å². The highest BCUT2D eigenvalue weighted by Gasteiger charge is 2.27. The number of hydrogen-bond acceptors (Lipinski definition) is 4. The summed E-state index contributed by atoms with van der Waals surface area (Å²) < 4.78 is 27.2. The molecule has 1 aliphatic heterocycles. The molecular weight excluding hydrogens is 350 g/mol. The number of rotatable bonds is 4. The average molecular weight is 373 g/mol. The fourth-order valence-electron chi connectivity index (χ4n) is 3.05.